The highest BCUT2D eigenvalue weighted by molar-refractivity contribution is 7.99. The Morgan fingerprint density at radius 3 is 2.60 bits per heavy atom. The van der Waals surface area contributed by atoms with Crippen molar-refractivity contribution in [2.45, 2.75) is 11.9 Å². The van der Waals surface area contributed by atoms with E-state index in [0.717, 1.165) is 11.3 Å². The summed E-state index contributed by atoms with van der Waals surface area (Å²) in [6.07, 6.45) is -0.193. The molecule has 2 aromatic rings. The maximum atomic E-state index is 12.0. The monoisotopic (exact) mass is 397 g/mol. The van der Waals surface area contributed by atoms with E-state index in [4.69, 9.17) is 32.7 Å². The quantitative estimate of drug-likeness (QED) is 0.793. The maximum absolute atomic E-state index is 12.0. The maximum Gasteiger partial charge on any atom is 0.230 e. The van der Waals surface area contributed by atoms with Crippen LogP contribution >= 0.6 is 35.0 Å². The fourth-order valence-corrected chi connectivity index (χ4v) is 3.95. The lowest BCUT2D eigenvalue weighted by atomic mass is 10.2. The summed E-state index contributed by atoms with van der Waals surface area (Å²) in [6, 6.07) is 12.9. The van der Waals surface area contributed by atoms with Crippen molar-refractivity contribution < 1.29 is 14.3 Å². The van der Waals surface area contributed by atoms with Gasteiger partial charge in [0.2, 0.25) is 5.91 Å². The lowest BCUT2D eigenvalue weighted by Gasteiger charge is -2.26. The van der Waals surface area contributed by atoms with Crippen LogP contribution in [-0.4, -0.2) is 30.9 Å². The van der Waals surface area contributed by atoms with Crippen LogP contribution in [0.4, 0.5) is 0 Å². The van der Waals surface area contributed by atoms with Crippen molar-refractivity contribution in [3.8, 4) is 11.5 Å². The second kappa shape index (κ2) is 8.70. The lowest BCUT2D eigenvalue weighted by molar-refractivity contribution is -0.119. The summed E-state index contributed by atoms with van der Waals surface area (Å²) in [5.41, 5.74) is 0.851. The molecule has 1 amide bonds. The number of hydrogen-bond donors (Lipinski definition) is 1. The van der Waals surface area contributed by atoms with Crippen molar-refractivity contribution in [1.29, 1.82) is 0 Å². The standard InChI is InChI=1S/C18H17Cl2NO3S/c19-14-4-3-5-15(20)13(14)10-25-11-18(22)21-8-12-9-23-16-6-1-2-7-17(16)24-12/h1-7,12H,8-11H2,(H,21,22). The molecule has 0 aliphatic carbocycles. The SMILES string of the molecule is O=C(CSCc1c(Cl)cccc1Cl)NCC1COc2ccccc2O1. The van der Waals surface area contributed by atoms with E-state index in [1.54, 1.807) is 18.2 Å². The van der Waals surface area contributed by atoms with E-state index in [1.807, 2.05) is 24.3 Å². The number of fused-ring (bicyclic) bond motifs is 1. The van der Waals surface area contributed by atoms with Crippen molar-refractivity contribution in [2.24, 2.45) is 0 Å². The highest BCUT2D eigenvalue weighted by atomic mass is 35.5. The Morgan fingerprint density at radius 2 is 1.84 bits per heavy atom. The van der Waals surface area contributed by atoms with Gasteiger partial charge in [0.25, 0.3) is 0 Å². The summed E-state index contributed by atoms with van der Waals surface area (Å²) < 4.78 is 11.4. The van der Waals surface area contributed by atoms with Gasteiger partial charge in [0.1, 0.15) is 12.7 Å². The van der Waals surface area contributed by atoms with Gasteiger partial charge in [0, 0.05) is 15.8 Å². The van der Waals surface area contributed by atoms with Crippen LogP contribution in [0, 0.1) is 0 Å². The van der Waals surface area contributed by atoms with Gasteiger partial charge in [-0.1, -0.05) is 41.4 Å². The topological polar surface area (TPSA) is 47.6 Å². The first-order valence-corrected chi connectivity index (χ1v) is 9.70. The van der Waals surface area contributed by atoms with Crippen LogP contribution in [0.3, 0.4) is 0 Å². The zero-order valence-corrected chi connectivity index (χ0v) is 15.7. The van der Waals surface area contributed by atoms with Crippen molar-refractivity contribution in [2.75, 3.05) is 18.9 Å². The van der Waals surface area contributed by atoms with Crippen LogP contribution in [0.15, 0.2) is 42.5 Å². The van der Waals surface area contributed by atoms with Gasteiger partial charge in [-0.3, -0.25) is 4.79 Å². The van der Waals surface area contributed by atoms with Crippen molar-refractivity contribution >= 4 is 40.9 Å². The Morgan fingerprint density at radius 1 is 1.12 bits per heavy atom. The van der Waals surface area contributed by atoms with E-state index in [0.29, 0.717) is 40.5 Å². The predicted octanol–water partition coefficient (Wildman–Crippen LogP) is 4.18. The molecule has 2 aromatic carbocycles. The molecule has 1 atom stereocenters. The fourth-order valence-electron chi connectivity index (χ4n) is 2.36. The molecule has 1 aliphatic heterocycles. The number of para-hydroxylation sites is 2. The fraction of sp³-hybridized carbons (Fsp3) is 0.278. The van der Waals surface area contributed by atoms with Gasteiger partial charge in [0.05, 0.1) is 12.3 Å². The minimum atomic E-state index is -0.193. The Bertz CT molecular complexity index is 737. The zero-order valence-electron chi connectivity index (χ0n) is 13.3. The number of carbonyl (C=O) groups excluding carboxylic acids is 1. The van der Waals surface area contributed by atoms with Crippen LogP contribution in [0.25, 0.3) is 0 Å². The summed E-state index contributed by atoms with van der Waals surface area (Å²) >= 11 is 13.7. The van der Waals surface area contributed by atoms with E-state index in [9.17, 15) is 4.79 Å². The molecule has 0 aromatic heterocycles. The van der Waals surface area contributed by atoms with E-state index in [1.165, 1.54) is 11.8 Å². The largest absolute Gasteiger partial charge is 0.486 e. The Labute approximate surface area is 160 Å². The average Bonchev–Trinajstić information content (AvgIpc) is 2.62. The van der Waals surface area contributed by atoms with E-state index < -0.39 is 0 Å². The third-order valence-electron chi connectivity index (χ3n) is 3.64. The Hall–Kier alpha value is -1.56. The van der Waals surface area contributed by atoms with Gasteiger partial charge < -0.3 is 14.8 Å². The third kappa shape index (κ3) is 4.97. The van der Waals surface area contributed by atoms with E-state index in [2.05, 4.69) is 5.32 Å². The van der Waals surface area contributed by atoms with Crippen molar-refractivity contribution in [1.82, 2.24) is 5.32 Å². The van der Waals surface area contributed by atoms with Gasteiger partial charge in [-0.2, -0.15) is 0 Å². The van der Waals surface area contributed by atoms with Gasteiger partial charge in [-0.05, 0) is 29.8 Å². The molecule has 0 radical (unpaired) electrons. The first-order chi connectivity index (χ1) is 12.1. The van der Waals surface area contributed by atoms with Gasteiger partial charge >= 0.3 is 0 Å². The minimum absolute atomic E-state index is 0.0596. The summed E-state index contributed by atoms with van der Waals surface area (Å²) in [5, 5.41) is 4.10. The highest BCUT2D eigenvalue weighted by Crippen LogP contribution is 2.31. The zero-order chi connectivity index (χ0) is 17.6. The summed E-state index contributed by atoms with van der Waals surface area (Å²) in [7, 11) is 0. The third-order valence-corrected chi connectivity index (χ3v) is 5.30. The average molecular weight is 398 g/mol. The molecule has 7 heteroatoms. The number of benzene rings is 2. The van der Waals surface area contributed by atoms with Gasteiger partial charge in [-0.15, -0.1) is 11.8 Å². The summed E-state index contributed by atoms with van der Waals surface area (Å²) in [6.45, 7) is 0.820. The summed E-state index contributed by atoms with van der Waals surface area (Å²) in [4.78, 5) is 12.0. The first-order valence-electron chi connectivity index (χ1n) is 7.79. The molecule has 0 fully saturated rings. The Kier molecular flexibility index (Phi) is 6.34. The Balaban J connectivity index is 1.40. The molecule has 25 heavy (non-hydrogen) atoms. The molecule has 1 unspecified atom stereocenters. The molecular formula is C18H17Cl2NO3S. The first kappa shape index (κ1) is 18.2. The van der Waals surface area contributed by atoms with Crippen LogP contribution < -0.4 is 14.8 Å². The molecule has 0 saturated carbocycles. The second-order valence-corrected chi connectivity index (χ2v) is 7.29. The van der Waals surface area contributed by atoms with Crippen LogP contribution in [-0.2, 0) is 10.5 Å². The highest BCUT2D eigenvalue weighted by Gasteiger charge is 2.21. The lowest BCUT2D eigenvalue weighted by Crippen LogP contribution is -2.41. The number of carbonyl (C=O) groups is 1. The molecular weight excluding hydrogens is 381 g/mol. The van der Waals surface area contributed by atoms with Crippen LogP contribution in [0.1, 0.15) is 5.56 Å². The van der Waals surface area contributed by atoms with Crippen molar-refractivity contribution in [3.05, 3.63) is 58.1 Å². The number of halogens is 2. The molecule has 0 spiro atoms. The molecule has 3 rings (SSSR count). The number of nitrogens with one attached hydrogen (secondary N) is 1. The second-order valence-electron chi connectivity index (χ2n) is 5.49. The molecule has 1 aliphatic rings. The van der Waals surface area contributed by atoms with Crippen LogP contribution in [0.2, 0.25) is 10.0 Å². The number of ether oxygens (including phenoxy) is 2. The predicted molar refractivity (Wildman–Crippen MR) is 102 cm³/mol. The summed E-state index contributed by atoms with van der Waals surface area (Å²) in [5.74, 6) is 2.29. The number of thioether (sulfide) groups is 1. The number of amides is 1. The minimum Gasteiger partial charge on any atom is -0.486 e. The van der Waals surface area contributed by atoms with E-state index in [-0.39, 0.29) is 12.0 Å². The molecule has 0 bridgehead atoms. The van der Waals surface area contributed by atoms with Gasteiger partial charge in [-0.25, -0.2) is 0 Å². The number of rotatable bonds is 6. The van der Waals surface area contributed by atoms with Crippen molar-refractivity contribution in [3.63, 3.8) is 0 Å². The number of hydrogen-bond acceptors (Lipinski definition) is 4. The molecule has 1 heterocycles. The molecule has 0 saturated heterocycles. The van der Waals surface area contributed by atoms with Crippen LogP contribution in [0.5, 0.6) is 11.5 Å². The molecule has 4 nitrogen and oxygen atoms in total. The normalized spacial score (nSPS) is 15.7. The van der Waals surface area contributed by atoms with Gasteiger partial charge in [0.15, 0.2) is 11.5 Å². The smallest absolute Gasteiger partial charge is 0.230 e. The molecule has 1 N–H and O–H groups in total. The van der Waals surface area contributed by atoms with E-state index >= 15 is 0 Å². The molecule has 132 valence electrons.